The van der Waals surface area contributed by atoms with Crippen molar-refractivity contribution in [2.24, 2.45) is 0 Å². The fourth-order valence-corrected chi connectivity index (χ4v) is 2.90. The highest BCUT2D eigenvalue weighted by atomic mass is 35.5. The molecule has 2 aromatic carbocycles. The monoisotopic (exact) mass is 373 g/mol. The van der Waals surface area contributed by atoms with Crippen LogP contribution >= 0.6 is 23.4 Å². The molecular weight excluding hydrogens is 358 g/mol. The van der Waals surface area contributed by atoms with E-state index < -0.39 is 0 Å². The summed E-state index contributed by atoms with van der Waals surface area (Å²) in [4.78, 5) is 12.1. The Morgan fingerprint density at radius 1 is 1.16 bits per heavy atom. The lowest BCUT2D eigenvalue weighted by Crippen LogP contribution is -2.14. The number of halogens is 1. The van der Waals surface area contributed by atoms with Gasteiger partial charge in [0, 0.05) is 16.3 Å². The molecule has 1 N–H and O–H groups in total. The first-order chi connectivity index (χ1) is 12.0. The lowest BCUT2D eigenvalue weighted by molar-refractivity contribution is -0.113. The van der Waals surface area contributed by atoms with Gasteiger partial charge in [-0.1, -0.05) is 35.5 Å². The Kier molecular flexibility index (Phi) is 5.40. The minimum absolute atomic E-state index is 0.129. The predicted molar refractivity (Wildman–Crippen MR) is 100 cm³/mol. The number of nitrogens with one attached hydrogen (secondary N) is 1. The number of amides is 1. The molecule has 128 valence electrons. The summed E-state index contributed by atoms with van der Waals surface area (Å²) in [7, 11) is 0. The van der Waals surface area contributed by atoms with Crippen LogP contribution in [0.1, 0.15) is 11.1 Å². The number of benzene rings is 2. The maximum absolute atomic E-state index is 12.1. The van der Waals surface area contributed by atoms with Gasteiger partial charge >= 0.3 is 0 Å². The molecule has 0 spiro atoms. The third-order valence-corrected chi connectivity index (χ3v) is 4.65. The molecule has 3 aromatic rings. The molecule has 0 fully saturated rings. The van der Waals surface area contributed by atoms with Crippen LogP contribution in [-0.2, 0) is 4.79 Å². The van der Waals surface area contributed by atoms with Crippen molar-refractivity contribution in [3.63, 3.8) is 0 Å². The molecule has 1 amide bonds. The molecule has 0 unspecified atom stereocenters. The van der Waals surface area contributed by atoms with Crippen molar-refractivity contribution in [2.75, 3.05) is 11.1 Å². The highest BCUT2D eigenvalue weighted by molar-refractivity contribution is 7.99. The number of hydrogen-bond acceptors (Lipinski definition) is 5. The second kappa shape index (κ2) is 7.72. The van der Waals surface area contributed by atoms with E-state index in [4.69, 9.17) is 16.0 Å². The van der Waals surface area contributed by atoms with E-state index in [1.54, 1.807) is 12.1 Å². The van der Waals surface area contributed by atoms with Crippen LogP contribution in [-0.4, -0.2) is 21.9 Å². The van der Waals surface area contributed by atoms with E-state index in [1.165, 1.54) is 17.3 Å². The smallest absolute Gasteiger partial charge is 0.277 e. The lowest BCUT2D eigenvalue weighted by Gasteiger charge is -2.06. The van der Waals surface area contributed by atoms with Crippen molar-refractivity contribution >= 4 is 35.0 Å². The highest BCUT2D eigenvalue weighted by Gasteiger charge is 2.12. The molecule has 1 aromatic heterocycles. The average molecular weight is 374 g/mol. The Labute approximate surface area is 154 Å². The van der Waals surface area contributed by atoms with Crippen molar-refractivity contribution in [2.45, 2.75) is 19.1 Å². The first-order valence-electron chi connectivity index (χ1n) is 7.60. The summed E-state index contributed by atoms with van der Waals surface area (Å²) in [6.07, 6.45) is 0. The summed E-state index contributed by atoms with van der Waals surface area (Å²) in [5, 5.41) is 11.7. The van der Waals surface area contributed by atoms with Crippen LogP contribution in [0, 0.1) is 13.8 Å². The molecule has 0 bridgehead atoms. The largest absolute Gasteiger partial charge is 0.411 e. The summed E-state index contributed by atoms with van der Waals surface area (Å²) >= 11 is 7.14. The Morgan fingerprint density at radius 3 is 2.76 bits per heavy atom. The van der Waals surface area contributed by atoms with E-state index in [1.807, 2.05) is 44.2 Å². The molecule has 25 heavy (non-hydrogen) atoms. The minimum Gasteiger partial charge on any atom is -0.411 e. The zero-order valence-corrected chi connectivity index (χ0v) is 15.3. The van der Waals surface area contributed by atoms with Crippen LogP contribution in [0.5, 0.6) is 0 Å². The average Bonchev–Trinajstić information content (AvgIpc) is 3.05. The van der Waals surface area contributed by atoms with Gasteiger partial charge in [0.15, 0.2) is 0 Å². The van der Waals surface area contributed by atoms with Gasteiger partial charge < -0.3 is 9.73 Å². The molecule has 5 nitrogen and oxygen atoms in total. The van der Waals surface area contributed by atoms with E-state index >= 15 is 0 Å². The Morgan fingerprint density at radius 2 is 2.00 bits per heavy atom. The van der Waals surface area contributed by atoms with E-state index in [2.05, 4.69) is 15.5 Å². The summed E-state index contributed by atoms with van der Waals surface area (Å²) in [5.74, 6) is 0.430. The van der Waals surface area contributed by atoms with Crippen LogP contribution in [0.2, 0.25) is 5.02 Å². The van der Waals surface area contributed by atoms with Crippen molar-refractivity contribution in [1.82, 2.24) is 10.2 Å². The number of hydrogen-bond donors (Lipinski definition) is 1. The van der Waals surface area contributed by atoms with Gasteiger partial charge in [-0.25, -0.2) is 0 Å². The van der Waals surface area contributed by atoms with E-state index in [0.29, 0.717) is 16.1 Å². The molecule has 0 atom stereocenters. The Balaban J connectivity index is 1.58. The van der Waals surface area contributed by atoms with Crippen LogP contribution < -0.4 is 5.32 Å². The van der Waals surface area contributed by atoms with Gasteiger partial charge in [-0.15, -0.1) is 10.2 Å². The number of carbonyl (C=O) groups excluding carboxylic acids is 1. The second-order valence-corrected chi connectivity index (χ2v) is 6.88. The molecule has 0 aliphatic carbocycles. The third-order valence-electron chi connectivity index (χ3n) is 3.60. The maximum Gasteiger partial charge on any atom is 0.277 e. The fraction of sp³-hybridized carbons (Fsp3) is 0.167. The molecule has 0 aliphatic rings. The topological polar surface area (TPSA) is 68.0 Å². The number of aromatic nitrogens is 2. The fourth-order valence-electron chi connectivity index (χ4n) is 2.15. The van der Waals surface area contributed by atoms with Gasteiger partial charge in [-0.05, 0) is 55.3 Å². The van der Waals surface area contributed by atoms with Gasteiger partial charge in [-0.3, -0.25) is 4.79 Å². The zero-order chi connectivity index (χ0) is 17.8. The van der Waals surface area contributed by atoms with Crippen LogP contribution in [0.3, 0.4) is 0 Å². The number of rotatable bonds is 5. The molecular formula is C18H16ClN3O2S. The molecule has 1 heterocycles. The SMILES string of the molecule is Cc1ccc(NC(=O)CSc2nnc(-c3cccc(Cl)c3)o2)cc1C. The molecule has 0 radical (unpaired) electrons. The second-order valence-electron chi connectivity index (χ2n) is 5.52. The summed E-state index contributed by atoms with van der Waals surface area (Å²) < 4.78 is 5.56. The Hall–Kier alpha value is -2.31. The Bertz CT molecular complexity index is 911. The van der Waals surface area contributed by atoms with E-state index in [-0.39, 0.29) is 11.7 Å². The number of thioether (sulfide) groups is 1. The van der Waals surface area contributed by atoms with Gasteiger partial charge in [0.1, 0.15) is 0 Å². The highest BCUT2D eigenvalue weighted by Crippen LogP contribution is 2.25. The lowest BCUT2D eigenvalue weighted by atomic mass is 10.1. The quantitative estimate of drug-likeness (QED) is 0.654. The molecule has 3 rings (SSSR count). The van der Waals surface area contributed by atoms with Crippen LogP contribution in [0.25, 0.3) is 11.5 Å². The van der Waals surface area contributed by atoms with Crippen LogP contribution in [0.15, 0.2) is 52.1 Å². The first-order valence-corrected chi connectivity index (χ1v) is 8.97. The number of nitrogens with zero attached hydrogens (tertiary/aromatic N) is 2. The zero-order valence-electron chi connectivity index (χ0n) is 13.7. The minimum atomic E-state index is -0.129. The normalized spacial score (nSPS) is 10.7. The molecule has 0 saturated heterocycles. The molecule has 7 heteroatoms. The summed E-state index contributed by atoms with van der Waals surface area (Å²) in [5.41, 5.74) is 3.84. The van der Waals surface area contributed by atoms with Gasteiger partial charge in [0.25, 0.3) is 5.22 Å². The standard InChI is InChI=1S/C18H16ClN3O2S/c1-11-6-7-15(8-12(11)2)20-16(23)10-25-18-22-21-17(24-18)13-4-3-5-14(19)9-13/h3-9H,10H2,1-2H3,(H,20,23). The van der Waals surface area contributed by atoms with E-state index in [0.717, 1.165) is 16.8 Å². The number of aryl methyl sites for hydroxylation is 2. The summed E-state index contributed by atoms with van der Waals surface area (Å²) in [6.45, 7) is 4.04. The van der Waals surface area contributed by atoms with Gasteiger partial charge in [-0.2, -0.15) is 0 Å². The van der Waals surface area contributed by atoms with Crippen molar-refractivity contribution in [3.8, 4) is 11.5 Å². The third kappa shape index (κ3) is 4.61. The number of carbonyl (C=O) groups is 1. The van der Waals surface area contributed by atoms with Gasteiger partial charge in [0.2, 0.25) is 11.8 Å². The maximum atomic E-state index is 12.1. The van der Waals surface area contributed by atoms with Gasteiger partial charge in [0.05, 0.1) is 5.75 Å². The van der Waals surface area contributed by atoms with Crippen molar-refractivity contribution in [1.29, 1.82) is 0 Å². The number of anilines is 1. The summed E-state index contributed by atoms with van der Waals surface area (Å²) in [6, 6.07) is 13.0. The molecule has 0 aliphatic heterocycles. The van der Waals surface area contributed by atoms with E-state index in [9.17, 15) is 4.79 Å². The van der Waals surface area contributed by atoms with Crippen molar-refractivity contribution < 1.29 is 9.21 Å². The van der Waals surface area contributed by atoms with Crippen LogP contribution in [0.4, 0.5) is 5.69 Å². The first kappa shape index (κ1) is 17.5. The predicted octanol–water partition coefficient (Wildman–Crippen LogP) is 4.74. The van der Waals surface area contributed by atoms with Crippen molar-refractivity contribution in [3.05, 3.63) is 58.6 Å². The molecule has 0 saturated carbocycles.